The molecule has 0 fully saturated rings. The van der Waals surface area contributed by atoms with E-state index in [2.05, 4.69) is 61.5 Å². The Morgan fingerprint density at radius 3 is 2.21 bits per heavy atom. The predicted octanol–water partition coefficient (Wildman–Crippen LogP) is 4.31. The van der Waals surface area contributed by atoms with Crippen LogP contribution in [0.3, 0.4) is 0 Å². The van der Waals surface area contributed by atoms with Crippen LogP contribution in [0.5, 0.6) is 0 Å². The molecular weight excluding hydrogens is 536 g/mol. The molecule has 2 aliphatic heterocycles. The summed E-state index contributed by atoms with van der Waals surface area (Å²) in [7, 11) is -8.38. The van der Waals surface area contributed by atoms with Crippen molar-refractivity contribution in [2.75, 3.05) is 36.0 Å². The van der Waals surface area contributed by atoms with E-state index < -0.39 is 20.2 Å². The lowest BCUT2D eigenvalue weighted by atomic mass is 9.84. The maximum Gasteiger partial charge on any atom is 0.181 e. The first kappa shape index (κ1) is 31.3. The molecule has 0 unspecified atom stereocenters. The van der Waals surface area contributed by atoms with Gasteiger partial charge in [0.05, 0.1) is 25.7 Å². The van der Waals surface area contributed by atoms with Gasteiger partial charge in [-0.25, -0.2) is 21.4 Å². The van der Waals surface area contributed by atoms with Crippen LogP contribution in [0.1, 0.15) is 65.4 Å². The lowest BCUT2D eigenvalue weighted by Crippen LogP contribution is -2.27. The van der Waals surface area contributed by atoms with Crippen molar-refractivity contribution in [3.05, 3.63) is 65.9 Å². The molecule has 1 aromatic rings. The molecule has 0 radical (unpaired) electrons. The Kier molecular flexibility index (Phi) is 10.0. The van der Waals surface area contributed by atoms with Gasteiger partial charge >= 0.3 is 0 Å². The molecule has 0 saturated heterocycles. The third-order valence-electron chi connectivity index (χ3n) is 7.67. The van der Waals surface area contributed by atoms with Gasteiger partial charge in [-0.05, 0) is 50.8 Å². The van der Waals surface area contributed by atoms with Crippen LogP contribution in [0.2, 0.25) is 0 Å². The lowest BCUT2D eigenvalue weighted by molar-refractivity contribution is -0.519. The number of rotatable bonds is 13. The quantitative estimate of drug-likeness (QED) is 0.148. The zero-order valence-electron chi connectivity index (χ0n) is 23.4. The summed E-state index contributed by atoms with van der Waals surface area (Å²) in [5, 5.41) is 0. The summed E-state index contributed by atoms with van der Waals surface area (Å²) in [6.07, 6.45) is 13.2. The maximum absolute atomic E-state index is 11.0. The van der Waals surface area contributed by atoms with Crippen LogP contribution in [0.15, 0.2) is 60.3 Å². The van der Waals surface area contributed by atoms with Crippen LogP contribution in [-0.2, 0) is 25.7 Å². The summed E-state index contributed by atoms with van der Waals surface area (Å²) in [4.78, 5) is 2.22. The Hall–Kier alpha value is -2.27. The Bertz CT molecular complexity index is 1370. The van der Waals surface area contributed by atoms with Gasteiger partial charge in [0.2, 0.25) is 0 Å². The molecule has 39 heavy (non-hydrogen) atoms. The fourth-order valence-corrected chi connectivity index (χ4v) is 6.64. The van der Waals surface area contributed by atoms with Gasteiger partial charge in [0.15, 0.2) is 5.71 Å². The van der Waals surface area contributed by atoms with Crippen molar-refractivity contribution < 1.29 is 30.5 Å². The van der Waals surface area contributed by atoms with E-state index in [0.717, 1.165) is 30.9 Å². The number of allylic oxidation sites excluding steroid dienone is 6. The highest BCUT2D eigenvalue weighted by molar-refractivity contribution is 7.85. The number of hydrogen-bond acceptors (Lipinski definition) is 7. The normalized spacial score (nSPS) is 20.2. The number of benzene rings is 1. The van der Waals surface area contributed by atoms with Crippen molar-refractivity contribution in [2.45, 2.75) is 65.2 Å². The minimum absolute atomic E-state index is 0.0108. The summed E-state index contributed by atoms with van der Waals surface area (Å²) >= 11 is 0. The average Bonchev–Trinajstić information content (AvgIpc) is 3.22. The monoisotopic (exact) mass is 577 g/mol. The second-order valence-corrected chi connectivity index (χ2v) is 14.6. The van der Waals surface area contributed by atoms with Crippen molar-refractivity contribution in [2.24, 2.45) is 5.41 Å². The minimum Gasteiger partial charge on any atom is -0.748 e. The zero-order chi connectivity index (χ0) is 28.9. The number of hydrogen-bond donors (Lipinski definition) is 0. The smallest absolute Gasteiger partial charge is 0.181 e. The highest BCUT2D eigenvalue weighted by atomic mass is 32.2. The molecular formula is C29H41N2O6S2-. The van der Waals surface area contributed by atoms with Crippen molar-refractivity contribution in [1.29, 1.82) is 0 Å². The predicted molar refractivity (Wildman–Crippen MR) is 154 cm³/mol. The number of para-hydroxylation sites is 1. The van der Waals surface area contributed by atoms with Crippen LogP contribution in [0.4, 0.5) is 5.69 Å². The van der Waals surface area contributed by atoms with E-state index in [0.29, 0.717) is 32.2 Å². The van der Waals surface area contributed by atoms with Gasteiger partial charge in [0.1, 0.15) is 13.1 Å². The first-order chi connectivity index (χ1) is 18.1. The summed E-state index contributed by atoms with van der Waals surface area (Å²) < 4.78 is 68.0. The Morgan fingerprint density at radius 2 is 1.54 bits per heavy atom. The van der Waals surface area contributed by atoms with Gasteiger partial charge in [-0.2, -0.15) is 0 Å². The largest absolute Gasteiger partial charge is 0.748 e. The van der Waals surface area contributed by atoms with E-state index in [1.54, 1.807) is 0 Å². The van der Waals surface area contributed by atoms with Gasteiger partial charge in [-0.15, -0.1) is 0 Å². The zero-order valence-corrected chi connectivity index (χ0v) is 25.1. The maximum atomic E-state index is 11.0. The first-order valence-corrected chi connectivity index (χ1v) is 16.7. The topological polar surface area (TPSA) is 121 Å². The number of fused-ring (bicyclic) bond motifs is 1. The molecule has 10 heteroatoms. The molecule has 1 aromatic carbocycles. The van der Waals surface area contributed by atoms with Gasteiger partial charge < -0.3 is 14.0 Å². The highest BCUT2D eigenvalue weighted by Gasteiger charge is 2.39. The van der Waals surface area contributed by atoms with Crippen LogP contribution in [0.25, 0.3) is 0 Å². The Morgan fingerprint density at radius 1 is 0.897 bits per heavy atom. The third kappa shape index (κ3) is 8.61. The van der Waals surface area contributed by atoms with E-state index >= 15 is 0 Å². The second-order valence-electron chi connectivity index (χ2n) is 11.5. The average molecular weight is 578 g/mol. The van der Waals surface area contributed by atoms with Crippen molar-refractivity contribution in [3.63, 3.8) is 0 Å². The molecule has 0 saturated carbocycles. The summed E-state index contributed by atoms with van der Waals surface area (Å²) in [5.74, 6) is -0.665. The van der Waals surface area contributed by atoms with E-state index in [-0.39, 0.29) is 22.3 Å². The molecule has 8 nitrogen and oxygen atoms in total. The third-order valence-corrected chi connectivity index (χ3v) is 9.25. The van der Waals surface area contributed by atoms with Gasteiger partial charge in [0.25, 0.3) is 0 Å². The summed E-state index contributed by atoms with van der Waals surface area (Å²) in [6.45, 7) is 11.0. The Balaban J connectivity index is 1.74. The molecule has 0 spiro atoms. The second kappa shape index (κ2) is 12.5. The fourth-order valence-electron chi connectivity index (χ4n) is 5.52. The summed E-state index contributed by atoms with van der Waals surface area (Å²) in [5.41, 5.74) is 4.41. The fraction of sp³-hybridized carbons (Fsp3) is 0.552. The molecule has 3 rings (SSSR count). The van der Waals surface area contributed by atoms with E-state index in [9.17, 15) is 25.9 Å². The van der Waals surface area contributed by atoms with Crippen LogP contribution in [0, 0.1) is 5.41 Å². The van der Waals surface area contributed by atoms with E-state index in [1.807, 2.05) is 30.4 Å². The van der Waals surface area contributed by atoms with Crippen LogP contribution in [-0.4, -0.2) is 67.4 Å². The van der Waals surface area contributed by atoms with E-state index in [1.165, 1.54) is 11.3 Å². The summed E-state index contributed by atoms with van der Waals surface area (Å²) in [6, 6.07) is 8.22. The number of unbranched alkanes of at least 4 members (excludes halogenated alkanes) is 2. The molecule has 2 aliphatic rings. The molecule has 0 aromatic heterocycles. The van der Waals surface area contributed by atoms with E-state index in [4.69, 9.17) is 0 Å². The van der Waals surface area contributed by atoms with Gasteiger partial charge in [0, 0.05) is 53.8 Å². The van der Waals surface area contributed by atoms with Gasteiger partial charge in [-0.1, -0.05) is 50.3 Å². The highest BCUT2D eigenvalue weighted by Crippen LogP contribution is 2.47. The molecule has 0 N–H and O–H groups in total. The standard InChI is InChI=1S/C29H42N2O6S2/c1-28(2)18-21-30(19-10-12-22-38(32,33)34)26(28)16-6-5-7-17-27-29(3,4)24-14-8-9-15-25(24)31(27)20-11-13-23-39(35,36)37/h5-9,14-17H,10-13,18-23H2,1-4H3,(H-,32,33,34,35,36,37)/p-1. The van der Waals surface area contributed by atoms with Gasteiger partial charge in [-0.3, -0.25) is 0 Å². The van der Waals surface area contributed by atoms with Crippen LogP contribution >= 0.6 is 0 Å². The molecule has 2 heterocycles. The van der Waals surface area contributed by atoms with Crippen molar-refractivity contribution in [3.8, 4) is 0 Å². The molecule has 0 atom stereocenters. The SMILES string of the molecule is CC1(C)CC[N+](CCCCS(=O)(=O)[O-])=C1/C=C/C=C/C=C1/N(CCCCS(=O)(=O)[O-])c2ccccc2C1(C)C. The molecule has 0 amide bonds. The van der Waals surface area contributed by atoms with Crippen molar-refractivity contribution in [1.82, 2.24) is 0 Å². The van der Waals surface area contributed by atoms with Crippen molar-refractivity contribution >= 4 is 31.6 Å². The number of anilines is 1. The lowest BCUT2D eigenvalue weighted by Gasteiger charge is -2.27. The molecule has 216 valence electrons. The minimum atomic E-state index is -4.21. The number of nitrogens with zero attached hydrogens (tertiary/aromatic N) is 2. The first-order valence-electron chi connectivity index (χ1n) is 13.5. The Labute approximate surface area is 234 Å². The molecule has 0 aliphatic carbocycles. The van der Waals surface area contributed by atoms with Crippen LogP contribution < -0.4 is 4.90 Å². The molecule has 0 bridgehead atoms.